The Balaban J connectivity index is 1.46. The molecule has 3 aliphatic rings. The van der Waals surface area contributed by atoms with Gasteiger partial charge in [-0.3, -0.25) is 4.90 Å². The van der Waals surface area contributed by atoms with Gasteiger partial charge in [-0.1, -0.05) is 0 Å². The van der Waals surface area contributed by atoms with Crippen LogP contribution >= 0.6 is 11.3 Å². The molecule has 0 aliphatic carbocycles. The number of piperazine rings is 1. The van der Waals surface area contributed by atoms with Gasteiger partial charge in [-0.25, -0.2) is 18.2 Å². The Morgan fingerprint density at radius 2 is 1.97 bits per heavy atom. The first-order valence-corrected chi connectivity index (χ1v) is 13.1. The molecule has 2 bridgehead atoms. The summed E-state index contributed by atoms with van der Waals surface area (Å²) in [6.45, 7) is 6.73. The van der Waals surface area contributed by atoms with E-state index in [0.29, 0.717) is 40.8 Å². The zero-order chi connectivity index (χ0) is 22.8. The van der Waals surface area contributed by atoms with Crippen molar-refractivity contribution >= 4 is 44.4 Å². The van der Waals surface area contributed by atoms with Gasteiger partial charge in [0.1, 0.15) is 16.1 Å². The minimum Gasteiger partial charge on any atom is -0.444 e. The second kappa shape index (κ2) is 7.17. The topological polar surface area (TPSA) is 106 Å². The SMILES string of the molecule is CC(C)(C)OC(=O)N1C2CC1CN(c1nc3cc(S(C)(=O)=O)cc(-c4nccs4)c3o1)C2. The first-order chi connectivity index (χ1) is 15.0. The van der Waals surface area contributed by atoms with E-state index in [1.54, 1.807) is 17.2 Å². The number of anilines is 1. The van der Waals surface area contributed by atoms with E-state index >= 15 is 0 Å². The summed E-state index contributed by atoms with van der Waals surface area (Å²) in [6.07, 6.45) is 3.46. The smallest absolute Gasteiger partial charge is 0.410 e. The number of hydrogen-bond acceptors (Lipinski definition) is 9. The molecule has 11 heteroatoms. The number of nitrogens with zero attached hydrogens (tertiary/aromatic N) is 4. The summed E-state index contributed by atoms with van der Waals surface area (Å²) in [6, 6.07) is 3.60. The van der Waals surface area contributed by atoms with Crippen molar-refractivity contribution in [2.75, 3.05) is 24.2 Å². The summed E-state index contributed by atoms with van der Waals surface area (Å²) in [5, 5.41) is 2.50. The third kappa shape index (κ3) is 3.73. The van der Waals surface area contributed by atoms with Gasteiger partial charge in [0.25, 0.3) is 6.01 Å². The minimum absolute atomic E-state index is 0.0311. The number of fused-ring (bicyclic) bond motifs is 3. The van der Waals surface area contributed by atoms with E-state index in [0.717, 1.165) is 6.42 Å². The number of thiazole rings is 1. The van der Waals surface area contributed by atoms with Gasteiger partial charge in [0.2, 0.25) is 0 Å². The molecule has 3 aliphatic heterocycles. The van der Waals surface area contributed by atoms with Crippen molar-refractivity contribution in [2.24, 2.45) is 0 Å². The van der Waals surface area contributed by atoms with Gasteiger partial charge in [-0.15, -0.1) is 11.3 Å². The third-order valence-corrected chi connectivity index (χ3v) is 7.51. The average molecular weight is 477 g/mol. The normalized spacial score (nSPS) is 21.0. The fourth-order valence-corrected chi connectivity index (χ4v) is 5.55. The van der Waals surface area contributed by atoms with Gasteiger partial charge in [0.05, 0.1) is 22.5 Å². The highest BCUT2D eigenvalue weighted by Gasteiger charge is 2.49. The lowest BCUT2D eigenvalue weighted by molar-refractivity contribution is -0.0386. The van der Waals surface area contributed by atoms with Crippen LogP contribution in [0.25, 0.3) is 21.7 Å². The molecule has 9 nitrogen and oxygen atoms in total. The number of oxazole rings is 1. The number of piperidine rings is 1. The van der Waals surface area contributed by atoms with Gasteiger partial charge in [0, 0.05) is 30.9 Å². The molecule has 1 amide bonds. The fraction of sp³-hybridized carbons (Fsp3) is 0.476. The summed E-state index contributed by atoms with van der Waals surface area (Å²) in [7, 11) is -3.43. The Bertz CT molecular complexity index is 1280. The third-order valence-electron chi connectivity index (χ3n) is 5.61. The number of ether oxygens (including phenoxy) is 1. The maximum absolute atomic E-state index is 12.5. The zero-order valence-electron chi connectivity index (χ0n) is 18.2. The highest BCUT2D eigenvalue weighted by Crippen LogP contribution is 2.39. The van der Waals surface area contributed by atoms with Crippen molar-refractivity contribution in [3.8, 4) is 10.6 Å². The number of aromatic nitrogens is 2. The lowest BCUT2D eigenvalue weighted by atomic mass is 9.88. The highest BCUT2D eigenvalue weighted by atomic mass is 32.2. The van der Waals surface area contributed by atoms with Crippen LogP contribution in [0.3, 0.4) is 0 Å². The van der Waals surface area contributed by atoms with E-state index in [1.165, 1.54) is 23.7 Å². The molecule has 6 rings (SSSR count). The summed E-state index contributed by atoms with van der Waals surface area (Å²) in [5.74, 6) is 0. The van der Waals surface area contributed by atoms with Gasteiger partial charge in [-0.2, -0.15) is 4.98 Å². The maximum atomic E-state index is 12.5. The molecule has 5 heterocycles. The molecule has 0 spiro atoms. The molecule has 0 radical (unpaired) electrons. The molecule has 2 atom stereocenters. The molecule has 32 heavy (non-hydrogen) atoms. The van der Waals surface area contributed by atoms with Crippen molar-refractivity contribution < 1.29 is 22.4 Å². The summed E-state index contributed by atoms with van der Waals surface area (Å²) >= 11 is 1.40. The molecular weight excluding hydrogens is 452 g/mol. The van der Waals surface area contributed by atoms with Crippen LogP contribution in [0.2, 0.25) is 0 Å². The summed E-state index contributed by atoms with van der Waals surface area (Å²) in [5.41, 5.74) is 1.04. The Morgan fingerprint density at radius 1 is 1.25 bits per heavy atom. The predicted molar refractivity (Wildman–Crippen MR) is 121 cm³/mol. The zero-order valence-corrected chi connectivity index (χ0v) is 19.9. The average Bonchev–Trinajstić information content (AvgIpc) is 3.34. The highest BCUT2D eigenvalue weighted by molar-refractivity contribution is 7.90. The van der Waals surface area contributed by atoms with E-state index in [4.69, 9.17) is 9.15 Å². The van der Waals surface area contributed by atoms with E-state index in [-0.39, 0.29) is 23.1 Å². The van der Waals surface area contributed by atoms with Gasteiger partial charge in [0.15, 0.2) is 15.4 Å². The molecule has 0 N–H and O–H groups in total. The summed E-state index contributed by atoms with van der Waals surface area (Å²) in [4.78, 5) is 25.4. The predicted octanol–water partition coefficient (Wildman–Crippen LogP) is 3.55. The van der Waals surface area contributed by atoms with Crippen LogP contribution in [0.1, 0.15) is 27.2 Å². The number of carbonyl (C=O) groups is 1. The van der Waals surface area contributed by atoms with Crippen LogP contribution in [0.5, 0.6) is 0 Å². The molecule has 3 aromatic rings. The van der Waals surface area contributed by atoms with Crippen LogP contribution in [-0.4, -0.2) is 66.4 Å². The number of sulfone groups is 1. The van der Waals surface area contributed by atoms with E-state index in [1.807, 2.05) is 31.1 Å². The van der Waals surface area contributed by atoms with Gasteiger partial charge < -0.3 is 14.1 Å². The second-order valence-corrected chi connectivity index (χ2v) is 12.2. The largest absolute Gasteiger partial charge is 0.444 e. The van der Waals surface area contributed by atoms with Crippen LogP contribution in [0.15, 0.2) is 33.0 Å². The summed E-state index contributed by atoms with van der Waals surface area (Å²) < 4.78 is 36.1. The quantitative estimate of drug-likeness (QED) is 0.565. The molecule has 170 valence electrons. The number of benzene rings is 1. The fourth-order valence-electron chi connectivity index (χ4n) is 4.24. The molecule has 1 aromatic carbocycles. The molecule has 3 saturated heterocycles. The molecule has 0 saturated carbocycles. The Hall–Kier alpha value is -2.66. The van der Waals surface area contributed by atoms with E-state index in [2.05, 4.69) is 9.97 Å². The Kier molecular flexibility index (Phi) is 4.75. The van der Waals surface area contributed by atoms with Crippen molar-refractivity contribution in [1.29, 1.82) is 0 Å². The van der Waals surface area contributed by atoms with Crippen LogP contribution < -0.4 is 4.90 Å². The van der Waals surface area contributed by atoms with Crippen molar-refractivity contribution in [3.63, 3.8) is 0 Å². The number of carbonyl (C=O) groups excluding carboxylic acids is 1. The molecule has 3 fully saturated rings. The van der Waals surface area contributed by atoms with E-state index in [9.17, 15) is 13.2 Å². The van der Waals surface area contributed by atoms with Crippen molar-refractivity contribution in [1.82, 2.24) is 14.9 Å². The first-order valence-electron chi connectivity index (χ1n) is 10.3. The number of amides is 1. The lowest BCUT2D eigenvalue weighted by Crippen LogP contribution is -2.70. The lowest BCUT2D eigenvalue weighted by Gasteiger charge is -2.55. The van der Waals surface area contributed by atoms with Gasteiger partial charge >= 0.3 is 6.09 Å². The molecular formula is C21H24N4O5S2. The minimum atomic E-state index is -3.43. The molecule has 2 aromatic heterocycles. The Labute approximate surface area is 189 Å². The van der Waals surface area contributed by atoms with Gasteiger partial charge in [-0.05, 0) is 39.3 Å². The molecule has 2 unspecified atom stereocenters. The van der Waals surface area contributed by atoms with Crippen molar-refractivity contribution in [2.45, 2.75) is 49.8 Å². The standard InChI is InChI=1S/C21H24N4O5S2/c1-21(2,3)30-20(26)25-12-7-13(25)11-24(10-12)19-23-16-9-14(32(4,27)28)8-15(17(16)29-19)18-22-5-6-31-18/h5-6,8-9,12-13H,7,10-11H2,1-4H3. The second-order valence-electron chi connectivity index (χ2n) is 9.26. The Morgan fingerprint density at radius 3 is 2.56 bits per heavy atom. The van der Waals surface area contributed by atoms with E-state index < -0.39 is 15.4 Å². The van der Waals surface area contributed by atoms with Crippen LogP contribution in [0, 0.1) is 0 Å². The maximum Gasteiger partial charge on any atom is 0.410 e. The van der Waals surface area contributed by atoms with Crippen LogP contribution in [-0.2, 0) is 14.6 Å². The monoisotopic (exact) mass is 476 g/mol. The number of rotatable bonds is 3. The first kappa shape index (κ1) is 21.2. The van der Waals surface area contributed by atoms with Crippen molar-refractivity contribution in [3.05, 3.63) is 23.7 Å². The number of hydrogen-bond donors (Lipinski definition) is 0. The van der Waals surface area contributed by atoms with Crippen LogP contribution in [0.4, 0.5) is 10.8 Å².